The van der Waals surface area contributed by atoms with E-state index in [2.05, 4.69) is 4.98 Å². The van der Waals surface area contributed by atoms with Crippen molar-refractivity contribution >= 4 is 28.4 Å². The first kappa shape index (κ1) is 15.8. The van der Waals surface area contributed by atoms with Gasteiger partial charge >= 0.3 is 0 Å². The predicted octanol–water partition coefficient (Wildman–Crippen LogP) is 3.28. The van der Waals surface area contributed by atoms with Crippen LogP contribution < -0.4 is 5.73 Å². The summed E-state index contributed by atoms with van der Waals surface area (Å²) in [6, 6.07) is 11.9. The topological polar surface area (TPSA) is 79.2 Å². The highest BCUT2D eigenvalue weighted by molar-refractivity contribution is 6.11. The van der Waals surface area contributed by atoms with E-state index in [-0.39, 0.29) is 11.8 Å². The van der Waals surface area contributed by atoms with Crippen molar-refractivity contribution in [3.8, 4) is 0 Å². The number of nitrogens with one attached hydrogen (secondary N) is 1. The third kappa shape index (κ3) is 2.65. The molecule has 0 aliphatic rings. The summed E-state index contributed by atoms with van der Waals surface area (Å²) in [5.41, 5.74) is 10.3. The van der Waals surface area contributed by atoms with Crippen LogP contribution in [0.3, 0.4) is 0 Å². The number of carbonyl (C=O) groups is 2. The number of aromatic nitrogens is 1. The fourth-order valence-electron chi connectivity index (χ4n) is 2.70. The largest absolute Gasteiger partial charge is 0.399 e. The molecule has 0 fully saturated rings. The van der Waals surface area contributed by atoms with E-state index in [1.807, 2.05) is 26.0 Å². The van der Waals surface area contributed by atoms with E-state index < -0.39 is 0 Å². The van der Waals surface area contributed by atoms with Gasteiger partial charge in [0.05, 0.1) is 0 Å². The first-order valence-corrected chi connectivity index (χ1v) is 7.65. The summed E-state index contributed by atoms with van der Waals surface area (Å²) in [5, 5.41) is 0.992. The molecule has 0 unspecified atom stereocenters. The summed E-state index contributed by atoms with van der Waals surface area (Å²) < 4.78 is 0. The third-order valence-electron chi connectivity index (χ3n) is 4.32. The van der Waals surface area contributed by atoms with Crippen LogP contribution in [-0.4, -0.2) is 28.7 Å². The van der Waals surface area contributed by atoms with Crippen molar-refractivity contribution in [2.75, 3.05) is 12.8 Å². The number of hydrogen-bond acceptors (Lipinski definition) is 3. The lowest BCUT2D eigenvalue weighted by Gasteiger charge is -2.16. The maximum Gasteiger partial charge on any atom is 0.260 e. The molecule has 0 aliphatic heterocycles. The molecule has 0 atom stereocenters. The van der Waals surface area contributed by atoms with Crippen molar-refractivity contribution in [3.05, 3.63) is 64.8 Å². The fourth-order valence-corrected chi connectivity index (χ4v) is 2.70. The molecule has 0 radical (unpaired) electrons. The standard InChI is InChI=1S/C19H19N3O2/c1-11-12(2)21-17-9-6-14(10-16(11)17)19(24)22(3)18(23)13-4-7-15(20)8-5-13/h4-10,21H,20H2,1-3H3. The number of amides is 2. The molecule has 1 heterocycles. The average molecular weight is 321 g/mol. The summed E-state index contributed by atoms with van der Waals surface area (Å²) in [6.45, 7) is 4.00. The lowest BCUT2D eigenvalue weighted by molar-refractivity contribution is 0.0656. The van der Waals surface area contributed by atoms with Gasteiger partial charge in [0.1, 0.15) is 0 Å². The Hall–Kier alpha value is -3.08. The summed E-state index contributed by atoms with van der Waals surface area (Å²) in [5.74, 6) is -0.695. The van der Waals surface area contributed by atoms with Crippen LogP contribution in [-0.2, 0) is 0 Å². The Balaban J connectivity index is 1.91. The van der Waals surface area contributed by atoms with Crippen LogP contribution in [0.5, 0.6) is 0 Å². The number of rotatable bonds is 2. The SMILES string of the molecule is Cc1[nH]c2ccc(C(=O)N(C)C(=O)c3ccc(N)cc3)cc2c1C. The molecule has 5 heteroatoms. The van der Waals surface area contributed by atoms with Gasteiger partial charge in [-0.25, -0.2) is 0 Å². The van der Waals surface area contributed by atoms with Crippen LogP contribution in [0.4, 0.5) is 5.69 Å². The first-order chi connectivity index (χ1) is 11.4. The molecule has 0 aliphatic carbocycles. The zero-order chi connectivity index (χ0) is 17.4. The van der Waals surface area contributed by atoms with Crippen LogP contribution in [0.1, 0.15) is 32.0 Å². The minimum atomic E-state index is -0.359. The second-order valence-electron chi connectivity index (χ2n) is 5.93. The highest BCUT2D eigenvalue weighted by Crippen LogP contribution is 2.23. The number of nitrogens with two attached hydrogens (primary N) is 1. The highest BCUT2D eigenvalue weighted by Gasteiger charge is 2.20. The smallest absolute Gasteiger partial charge is 0.260 e. The Kier molecular flexibility index (Phi) is 3.85. The number of nitrogen functional groups attached to an aromatic ring is 1. The summed E-state index contributed by atoms with van der Waals surface area (Å²) in [6.07, 6.45) is 0. The fraction of sp³-hybridized carbons (Fsp3) is 0.158. The minimum Gasteiger partial charge on any atom is -0.399 e. The lowest BCUT2D eigenvalue weighted by atomic mass is 10.1. The normalized spacial score (nSPS) is 10.8. The Morgan fingerprint density at radius 1 is 0.958 bits per heavy atom. The zero-order valence-corrected chi connectivity index (χ0v) is 13.9. The van der Waals surface area contributed by atoms with Crippen LogP contribution >= 0.6 is 0 Å². The second kappa shape index (κ2) is 5.85. The van der Waals surface area contributed by atoms with Crippen molar-refractivity contribution in [1.82, 2.24) is 9.88 Å². The minimum absolute atomic E-state index is 0.336. The van der Waals surface area contributed by atoms with Gasteiger partial charge in [0.25, 0.3) is 11.8 Å². The van der Waals surface area contributed by atoms with Crippen molar-refractivity contribution in [1.29, 1.82) is 0 Å². The number of hydrogen-bond donors (Lipinski definition) is 2. The molecule has 3 rings (SSSR count). The Labute approximate surface area is 140 Å². The van der Waals surface area contributed by atoms with Gasteiger partial charge in [-0.2, -0.15) is 0 Å². The lowest BCUT2D eigenvalue weighted by Crippen LogP contribution is -2.33. The molecule has 0 bridgehead atoms. The Morgan fingerprint density at radius 2 is 1.54 bits per heavy atom. The van der Waals surface area contributed by atoms with Crippen molar-refractivity contribution in [3.63, 3.8) is 0 Å². The van der Waals surface area contributed by atoms with Gasteiger partial charge in [-0.05, 0) is 61.9 Å². The molecule has 0 saturated heterocycles. The molecule has 122 valence electrons. The molecule has 5 nitrogen and oxygen atoms in total. The van der Waals surface area contributed by atoms with Gasteiger partial charge in [-0.1, -0.05) is 0 Å². The van der Waals surface area contributed by atoms with E-state index in [0.717, 1.165) is 27.1 Å². The number of nitrogens with zero attached hydrogens (tertiary/aromatic N) is 1. The van der Waals surface area contributed by atoms with Crippen molar-refractivity contribution < 1.29 is 9.59 Å². The van der Waals surface area contributed by atoms with E-state index >= 15 is 0 Å². The number of fused-ring (bicyclic) bond motifs is 1. The monoisotopic (exact) mass is 321 g/mol. The van der Waals surface area contributed by atoms with Crippen LogP contribution in [0.15, 0.2) is 42.5 Å². The van der Waals surface area contributed by atoms with E-state index in [9.17, 15) is 9.59 Å². The summed E-state index contributed by atoms with van der Waals surface area (Å²) in [7, 11) is 1.49. The number of carbonyl (C=O) groups excluding carboxylic acids is 2. The van der Waals surface area contributed by atoms with Gasteiger partial charge in [-0.3, -0.25) is 14.5 Å². The molecule has 1 aromatic heterocycles. The molecule has 3 N–H and O–H groups in total. The molecule has 2 aromatic carbocycles. The van der Waals surface area contributed by atoms with Gasteiger partial charge in [0.15, 0.2) is 0 Å². The molecular weight excluding hydrogens is 302 g/mol. The zero-order valence-electron chi connectivity index (χ0n) is 13.9. The van der Waals surface area contributed by atoms with Crippen LogP contribution in [0, 0.1) is 13.8 Å². The Morgan fingerprint density at radius 3 is 2.21 bits per heavy atom. The number of imide groups is 1. The van der Waals surface area contributed by atoms with E-state index in [1.165, 1.54) is 7.05 Å². The molecule has 24 heavy (non-hydrogen) atoms. The number of aromatic amines is 1. The number of anilines is 1. The molecule has 0 saturated carbocycles. The predicted molar refractivity (Wildman–Crippen MR) is 95.1 cm³/mol. The quantitative estimate of drug-likeness (QED) is 0.561. The second-order valence-corrected chi connectivity index (χ2v) is 5.93. The molecule has 2 amide bonds. The Bertz CT molecular complexity index is 939. The first-order valence-electron chi connectivity index (χ1n) is 7.65. The van der Waals surface area contributed by atoms with Gasteiger partial charge in [0.2, 0.25) is 0 Å². The van der Waals surface area contributed by atoms with Crippen LogP contribution in [0.25, 0.3) is 10.9 Å². The summed E-state index contributed by atoms with van der Waals surface area (Å²) >= 11 is 0. The molecular formula is C19H19N3O2. The highest BCUT2D eigenvalue weighted by atomic mass is 16.2. The van der Waals surface area contributed by atoms with Crippen LogP contribution in [0.2, 0.25) is 0 Å². The number of aryl methyl sites for hydroxylation is 2. The van der Waals surface area contributed by atoms with Gasteiger partial charge < -0.3 is 10.7 Å². The van der Waals surface area contributed by atoms with Crippen molar-refractivity contribution in [2.45, 2.75) is 13.8 Å². The molecule has 0 spiro atoms. The number of H-pyrrole nitrogens is 1. The number of benzene rings is 2. The average Bonchev–Trinajstić information content (AvgIpc) is 2.87. The van der Waals surface area contributed by atoms with Gasteiger partial charge in [0, 0.05) is 40.5 Å². The maximum absolute atomic E-state index is 12.7. The maximum atomic E-state index is 12.7. The van der Waals surface area contributed by atoms with E-state index in [1.54, 1.807) is 30.3 Å². The van der Waals surface area contributed by atoms with E-state index in [0.29, 0.717) is 16.8 Å². The van der Waals surface area contributed by atoms with Gasteiger partial charge in [-0.15, -0.1) is 0 Å². The third-order valence-corrected chi connectivity index (χ3v) is 4.32. The van der Waals surface area contributed by atoms with E-state index in [4.69, 9.17) is 5.73 Å². The molecule has 3 aromatic rings. The summed E-state index contributed by atoms with van der Waals surface area (Å²) in [4.78, 5) is 29.5. The van der Waals surface area contributed by atoms with Crippen molar-refractivity contribution in [2.24, 2.45) is 0 Å².